The summed E-state index contributed by atoms with van der Waals surface area (Å²) in [6.07, 6.45) is 0.894. The van der Waals surface area contributed by atoms with Crippen molar-refractivity contribution in [2.45, 2.75) is 40.2 Å². The molecule has 0 radical (unpaired) electrons. The molecule has 0 fully saturated rings. The second kappa shape index (κ2) is 5.73. The third kappa shape index (κ3) is 3.53. The van der Waals surface area contributed by atoms with Crippen molar-refractivity contribution in [2.24, 2.45) is 5.92 Å². The van der Waals surface area contributed by atoms with Crippen LogP contribution >= 0.6 is 0 Å². The molecule has 15 heavy (non-hydrogen) atoms. The quantitative estimate of drug-likeness (QED) is 0.720. The van der Waals surface area contributed by atoms with Crippen molar-refractivity contribution in [3.8, 4) is 0 Å². The molecule has 0 saturated heterocycles. The zero-order valence-corrected chi connectivity index (χ0v) is 10.6. The number of urea groups is 1. The molecule has 1 atom stereocenters. The first kappa shape index (κ1) is 13.9. The number of amides is 3. The van der Waals surface area contributed by atoms with Gasteiger partial charge in [0.1, 0.15) is 0 Å². The van der Waals surface area contributed by atoms with Crippen molar-refractivity contribution >= 4 is 11.9 Å². The van der Waals surface area contributed by atoms with Crippen molar-refractivity contribution in [1.82, 2.24) is 9.80 Å². The Morgan fingerprint density at radius 1 is 1.20 bits per heavy atom. The van der Waals surface area contributed by atoms with Crippen LogP contribution in [0.15, 0.2) is 0 Å². The zero-order chi connectivity index (χ0) is 12.2. The van der Waals surface area contributed by atoms with Crippen LogP contribution in [0.2, 0.25) is 0 Å². The number of carbonyl (C=O) groups excluding carboxylic acids is 2. The molecule has 0 N–H and O–H groups in total. The van der Waals surface area contributed by atoms with Gasteiger partial charge in [-0.3, -0.25) is 9.69 Å². The van der Waals surface area contributed by atoms with E-state index >= 15 is 0 Å². The van der Waals surface area contributed by atoms with E-state index in [4.69, 9.17) is 0 Å². The summed E-state index contributed by atoms with van der Waals surface area (Å²) >= 11 is 0. The molecule has 3 amide bonds. The van der Waals surface area contributed by atoms with Gasteiger partial charge in [-0.2, -0.15) is 0 Å². The van der Waals surface area contributed by atoms with E-state index in [2.05, 4.69) is 13.8 Å². The molecule has 0 rings (SSSR count). The Hall–Kier alpha value is -1.06. The number of hydrogen-bond acceptors (Lipinski definition) is 2. The molecule has 88 valence electrons. The molecule has 4 nitrogen and oxygen atoms in total. The second-order valence-electron chi connectivity index (χ2n) is 4.19. The lowest BCUT2D eigenvalue weighted by atomic mass is 10.0. The van der Waals surface area contributed by atoms with E-state index in [-0.39, 0.29) is 18.0 Å². The fourth-order valence-corrected chi connectivity index (χ4v) is 1.71. The molecule has 0 bridgehead atoms. The van der Waals surface area contributed by atoms with E-state index in [9.17, 15) is 9.59 Å². The van der Waals surface area contributed by atoms with E-state index in [0.717, 1.165) is 11.3 Å². The van der Waals surface area contributed by atoms with E-state index < -0.39 is 0 Å². The summed E-state index contributed by atoms with van der Waals surface area (Å²) in [4.78, 5) is 25.7. The van der Waals surface area contributed by atoms with Crippen LogP contribution in [0.25, 0.3) is 0 Å². The second-order valence-corrected chi connectivity index (χ2v) is 4.19. The first-order valence-electron chi connectivity index (χ1n) is 5.34. The Morgan fingerprint density at radius 2 is 1.67 bits per heavy atom. The number of imide groups is 1. The molecule has 1 unspecified atom stereocenters. The van der Waals surface area contributed by atoms with E-state index in [0.29, 0.717) is 5.92 Å². The summed E-state index contributed by atoms with van der Waals surface area (Å²) in [6, 6.07) is -0.0534. The maximum atomic E-state index is 11.8. The standard InChI is InChI=1S/C11H22N2O2/c1-7-10(8(2)3)13(6)11(15)12(5)9(4)14/h8,10H,7H2,1-6H3. The van der Waals surface area contributed by atoms with Crippen LogP contribution in [-0.2, 0) is 4.79 Å². The van der Waals surface area contributed by atoms with Gasteiger partial charge in [0.05, 0.1) is 0 Å². The average molecular weight is 214 g/mol. The summed E-state index contributed by atoms with van der Waals surface area (Å²) in [6.45, 7) is 7.59. The minimum Gasteiger partial charge on any atom is -0.324 e. The summed E-state index contributed by atoms with van der Waals surface area (Å²) < 4.78 is 0. The lowest BCUT2D eigenvalue weighted by molar-refractivity contribution is -0.125. The van der Waals surface area contributed by atoms with Gasteiger partial charge in [-0.25, -0.2) is 4.79 Å². The molecule has 0 aliphatic heterocycles. The zero-order valence-electron chi connectivity index (χ0n) is 10.6. The minimum atomic E-state index is -0.233. The van der Waals surface area contributed by atoms with Crippen LogP contribution in [0.1, 0.15) is 34.1 Å². The van der Waals surface area contributed by atoms with Crippen molar-refractivity contribution in [1.29, 1.82) is 0 Å². The molecule has 0 spiro atoms. The molecule has 0 aromatic carbocycles. The highest BCUT2D eigenvalue weighted by molar-refractivity contribution is 5.92. The molecular weight excluding hydrogens is 192 g/mol. The smallest absolute Gasteiger partial charge is 0.324 e. The van der Waals surface area contributed by atoms with Gasteiger partial charge in [0.25, 0.3) is 0 Å². The van der Waals surface area contributed by atoms with Gasteiger partial charge in [0, 0.05) is 27.1 Å². The molecule has 0 aliphatic rings. The Kier molecular flexibility index (Phi) is 5.33. The van der Waals surface area contributed by atoms with Crippen LogP contribution in [0.3, 0.4) is 0 Å². The van der Waals surface area contributed by atoms with Gasteiger partial charge < -0.3 is 4.90 Å². The molecular formula is C11H22N2O2. The van der Waals surface area contributed by atoms with Gasteiger partial charge in [0.15, 0.2) is 0 Å². The lowest BCUT2D eigenvalue weighted by Crippen LogP contribution is -2.47. The lowest BCUT2D eigenvalue weighted by Gasteiger charge is -2.32. The van der Waals surface area contributed by atoms with Crippen LogP contribution < -0.4 is 0 Å². The average Bonchev–Trinajstić information content (AvgIpc) is 2.15. The topological polar surface area (TPSA) is 40.6 Å². The van der Waals surface area contributed by atoms with Gasteiger partial charge in [0.2, 0.25) is 5.91 Å². The Balaban J connectivity index is 4.61. The summed E-state index contributed by atoms with van der Waals surface area (Å²) in [5, 5.41) is 0. The SMILES string of the molecule is CCC(C(C)C)N(C)C(=O)N(C)C(C)=O. The number of hydrogen-bond donors (Lipinski definition) is 0. The van der Waals surface area contributed by atoms with Crippen molar-refractivity contribution in [3.05, 3.63) is 0 Å². The molecule has 0 aromatic heterocycles. The highest BCUT2D eigenvalue weighted by atomic mass is 16.2. The normalized spacial score (nSPS) is 12.5. The molecule has 0 aliphatic carbocycles. The Morgan fingerprint density at radius 3 is 1.93 bits per heavy atom. The van der Waals surface area contributed by atoms with Gasteiger partial charge in [-0.1, -0.05) is 20.8 Å². The highest BCUT2D eigenvalue weighted by Gasteiger charge is 2.25. The minimum absolute atomic E-state index is 0.180. The maximum Gasteiger partial charge on any atom is 0.326 e. The molecule has 0 saturated carbocycles. The first-order valence-corrected chi connectivity index (χ1v) is 5.34. The maximum absolute atomic E-state index is 11.8. The summed E-state index contributed by atoms with van der Waals surface area (Å²) in [7, 11) is 3.25. The number of rotatable bonds is 3. The third-order valence-corrected chi connectivity index (χ3v) is 2.75. The van der Waals surface area contributed by atoms with Crippen molar-refractivity contribution in [3.63, 3.8) is 0 Å². The van der Waals surface area contributed by atoms with Crippen LogP contribution in [-0.4, -0.2) is 41.9 Å². The summed E-state index contributed by atoms with van der Waals surface area (Å²) in [5.41, 5.74) is 0. The van der Waals surface area contributed by atoms with Crippen LogP contribution in [0.5, 0.6) is 0 Å². The van der Waals surface area contributed by atoms with Gasteiger partial charge >= 0.3 is 6.03 Å². The first-order chi connectivity index (χ1) is 6.82. The summed E-state index contributed by atoms with van der Waals surface area (Å²) in [5.74, 6) is 0.162. The number of nitrogens with zero attached hydrogens (tertiary/aromatic N) is 2. The van der Waals surface area contributed by atoms with Crippen LogP contribution in [0, 0.1) is 5.92 Å². The van der Waals surface area contributed by atoms with Crippen molar-refractivity contribution < 1.29 is 9.59 Å². The van der Waals surface area contributed by atoms with Gasteiger partial charge in [-0.05, 0) is 12.3 Å². The predicted molar refractivity (Wildman–Crippen MR) is 60.5 cm³/mol. The third-order valence-electron chi connectivity index (χ3n) is 2.75. The van der Waals surface area contributed by atoms with E-state index in [1.165, 1.54) is 14.0 Å². The number of carbonyl (C=O) groups is 2. The largest absolute Gasteiger partial charge is 0.326 e. The Bertz CT molecular complexity index is 239. The van der Waals surface area contributed by atoms with E-state index in [1.54, 1.807) is 11.9 Å². The van der Waals surface area contributed by atoms with E-state index in [1.807, 2.05) is 6.92 Å². The fourth-order valence-electron chi connectivity index (χ4n) is 1.71. The van der Waals surface area contributed by atoms with Gasteiger partial charge in [-0.15, -0.1) is 0 Å². The van der Waals surface area contributed by atoms with Crippen molar-refractivity contribution in [2.75, 3.05) is 14.1 Å². The molecule has 0 heterocycles. The predicted octanol–water partition coefficient (Wildman–Crippen LogP) is 1.95. The highest BCUT2D eigenvalue weighted by Crippen LogP contribution is 2.14. The Labute approximate surface area is 92.2 Å². The molecule has 0 aromatic rings. The monoisotopic (exact) mass is 214 g/mol. The molecule has 4 heteroatoms. The van der Waals surface area contributed by atoms with Crippen LogP contribution in [0.4, 0.5) is 4.79 Å². The fraction of sp³-hybridized carbons (Fsp3) is 0.818.